The van der Waals surface area contributed by atoms with Crippen LogP contribution in [0, 0.1) is 0 Å². The van der Waals surface area contributed by atoms with Gasteiger partial charge in [0.25, 0.3) is 0 Å². The number of hydrogen-bond acceptors (Lipinski definition) is 9. The maximum absolute atomic E-state index is 6.49. The second-order valence-corrected chi connectivity index (χ2v) is 17.7. The molecule has 7 nitrogen and oxygen atoms in total. The molecule has 0 fully saturated rings. The Morgan fingerprint density at radius 2 is 1.45 bits per heavy atom. The van der Waals surface area contributed by atoms with E-state index in [1.165, 1.54) is 46.0 Å². The number of thiophene rings is 1. The maximum atomic E-state index is 6.49. The van der Waals surface area contributed by atoms with Gasteiger partial charge >= 0.3 is 0 Å². The monoisotopic (exact) mass is 620 g/mol. The summed E-state index contributed by atoms with van der Waals surface area (Å²) in [4.78, 5) is 7.83. The van der Waals surface area contributed by atoms with E-state index in [-0.39, 0.29) is 0 Å². The van der Waals surface area contributed by atoms with Crippen LogP contribution in [-0.4, -0.2) is 33.0 Å². The number of hydrogen-bond donors (Lipinski definition) is 0. The number of unbranched alkanes of at least 4 members (excludes halogenated alkanes) is 1. The van der Waals surface area contributed by atoms with Gasteiger partial charge in [0.05, 0.1) is 16.1 Å². The number of anilines is 1. The molecular weight excluding hydrogens is 577 g/mol. The molecule has 0 aliphatic rings. The standard InChI is InChI=1S/C32H44N6OS2Si/c1-7-38(8-2)28-20-18-27(19-21-28)35-37-32-33-31-29(40-32)23-30(41-31)36-34-26-16-14-25(15-17-26)13-11-12-22-39-42(9-3,10-4)24(5)6/h14-21,23-24H,7-13,22H2,1-6H3. The molecule has 0 atom stereocenters. The Bertz CT molecular complexity index is 1410. The molecule has 224 valence electrons. The zero-order chi connectivity index (χ0) is 30.0. The Labute approximate surface area is 259 Å². The summed E-state index contributed by atoms with van der Waals surface area (Å²) in [5.41, 5.74) is 4.87. The van der Waals surface area contributed by atoms with E-state index in [4.69, 9.17) is 4.43 Å². The predicted octanol–water partition coefficient (Wildman–Crippen LogP) is 11.8. The van der Waals surface area contributed by atoms with Crippen LogP contribution in [0.5, 0.6) is 0 Å². The number of thiazole rings is 1. The van der Waals surface area contributed by atoms with Gasteiger partial charge in [0, 0.05) is 25.4 Å². The van der Waals surface area contributed by atoms with Crippen molar-refractivity contribution in [2.24, 2.45) is 20.5 Å². The van der Waals surface area contributed by atoms with Gasteiger partial charge in [-0.2, -0.15) is 0 Å². The zero-order valence-electron chi connectivity index (χ0n) is 25.8. The molecule has 0 aliphatic heterocycles. The smallest absolute Gasteiger partial charge is 0.231 e. The van der Waals surface area contributed by atoms with Gasteiger partial charge in [0.15, 0.2) is 8.32 Å². The predicted molar refractivity (Wildman–Crippen MR) is 183 cm³/mol. The first-order valence-corrected chi connectivity index (χ1v) is 19.2. The molecule has 0 radical (unpaired) electrons. The molecule has 0 N–H and O–H groups in total. The van der Waals surface area contributed by atoms with E-state index in [1.807, 2.05) is 30.3 Å². The lowest BCUT2D eigenvalue weighted by molar-refractivity contribution is 0.283. The first-order chi connectivity index (χ1) is 20.4. The van der Waals surface area contributed by atoms with Crippen LogP contribution in [0.25, 0.3) is 9.53 Å². The minimum atomic E-state index is -1.56. The van der Waals surface area contributed by atoms with E-state index in [1.54, 1.807) is 0 Å². The normalized spacial score (nSPS) is 12.5. The molecule has 0 saturated carbocycles. The molecule has 2 aromatic heterocycles. The van der Waals surface area contributed by atoms with Crippen molar-refractivity contribution < 1.29 is 4.43 Å². The molecule has 42 heavy (non-hydrogen) atoms. The summed E-state index contributed by atoms with van der Waals surface area (Å²) in [6.07, 6.45) is 3.31. The van der Waals surface area contributed by atoms with Crippen LogP contribution < -0.4 is 4.90 Å². The van der Waals surface area contributed by atoms with Crippen LogP contribution in [0.3, 0.4) is 0 Å². The van der Waals surface area contributed by atoms with E-state index in [9.17, 15) is 0 Å². The van der Waals surface area contributed by atoms with Gasteiger partial charge in [-0.05, 0) is 98.8 Å². The third-order valence-corrected chi connectivity index (χ3v) is 15.2. The van der Waals surface area contributed by atoms with Crippen LogP contribution in [-0.2, 0) is 10.8 Å². The largest absolute Gasteiger partial charge is 0.417 e. The van der Waals surface area contributed by atoms with E-state index in [0.29, 0.717) is 10.7 Å². The SMILES string of the molecule is CCN(CC)c1ccc(N=Nc2nc3sc(N=Nc4ccc(CCCCO[Si](CC)(CC)C(C)C)cc4)cc3s2)cc1. The van der Waals surface area contributed by atoms with Crippen molar-refractivity contribution in [1.29, 1.82) is 0 Å². The van der Waals surface area contributed by atoms with Gasteiger partial charge in [0.2, 0.25) is 5.13 Å². The molecule has 0 bridgehead atoms. The Morgan fingerprint density at radius 1 is 0.810 bits per heavy atom. The third-order valence-electron chi connectivity index (χ3n) is 7.99. The quantitative estimate of drug-likeness (QED) is 0.0710. The second kappa shape index (κ2) is 15.6. The molecule has 2 heterocycles. The summed E-state index contributed by atoms with van der Waals surface area (Å²) >= 11 is 3.03. The van der Waals surface area contributed by atoms with Crippen molar-refractivity contribution in [1.82, 2.24) is 4.98 Å². The third kappa shape index (κ3) is 8.40. The minimum Gasteiger partial charge on any atom is -0.417 e. The van der Waals surface area contributed by atoms with Crippen molar-refractivity contribution in [3.8, 4) is 0 Å². The van der Waals surface area contributed by atoms with Gasteiger partial charge in [-0.25, -0.2) is 4.98 Å². The number of aromatic nitrogens is 1. The van der Waals surface area contributed by atoms with Crippen molar-refractivity contribution in [3.63, 3.8) is 0 Å². The van der Waals surface area contributed by atoms with Crippen molar-refractivity contribution in [3.05, 3.63) is 60.2 Å². The Balaban J connectivity index is 1.25. The lowest BCUT2D eigenvalue weighted by Crippen LogP contribution is -2.40. The molecule has 0 unspecified atom stereocenters. The fraction of sp³-hybridized carbons (Fsp3) is 0.469. The number of azo groups is 2. The first kappa shape index (κ1) is 32.1. The van der Waals surface area contributed by atoms with Gasteiger partial charge in [-0.1, -0.05) is 62.5 Å². The van der Waals surface area contributed by atoms with Crippen molar-refractivity contribution in [2.45, 2.75) is 78.4 Å². The number of fused-ring (bicyclic) bond motifs is 1. The van der Waals surface area contributed by atoms with Crippen molar-refractivity contribution in [2.75, 3.05) is 24.6 Å². The molecule has 0 saturated heterocycles. The van der Waals surface area contributed by atoms with Crippen LogP contribution >= 0.6 is 22.7 Å². The highest BCUT2D eigenvalue weighted by atomic mass is 32.1. The number of aryl methyl sites for hydroxylation is 1. The lowest BCUT2D eigenvalue weighted by Gasteiger charge is -2.33. The van der Waals surface area contributed by atoms with Crippen LogP contribution in [0.15, 0.2) is 75.1 Å². The molecule has 0 spiro atoms. The molecule has 0 aliphatic carbocycles. The highest BCUT2D eigenvalue weighted by molar-refractivity contribution is 7.30. The van der Waals surface area contributed by atoms with Crippen LogP contribution in [0.1, 0.15) is 59.9 Å². The molecule has 4 rings (SSSR count). The number of rotatable bonds is 16. The van der Waals surface area contributed by atoms with Crippen LogP contribution in [0.4, 0.5) is 27.2 Å². The molecule has 0 amide bonds. The van der Waals surface area contributed by atoms with E-state index < -0.39 is 8.32 Å². The van der Waals surface area contributed by atoms with Crippen LogP contribution in [0.2, 0.25) is 17.6 Å². The summed E-state index contributed by atoms with van der Waals surface area (Å²) in [7, 11) is -1.56. The van der Waals surface area contributed by atoms with E-state index >= 15 is 0 Å². The summed E-state index contributed by atoms with van der Waals surface area (Å²) in [6.45, 7) is 16.4. The summed E-state index contributed by atoms with van der Waals surface area (Å²) in [5.74, 6) is 0. The molecular formula is C32H44N6OS2Si. The molecule has 4 aromatic rings. The van der Waals surface area contributed by atoms with Gasteiger partial charge in [-0.15, -0.1) is 20.5 Å². The Morgan fingerprint density at radius 3 is 2.05 bits per heavy atom. The maximum Gasteiger partial charge on any atom is 0.231 e. The fourth-order valence-electron chi connectivity index (χ4n) is 5.20. The van der Waals surface area contributed by atoms with E-state index in [2.05, 4.69) is 96.1 Å². The molecule has 2 aromatic carbocycles. The number of nitrogens with zero attached hydrogens (tertiary/aromatic N) is 6. The highest BCUT2D eigenvalue weighted by Crippen LogP contribution is 2.39. The van der Waals surface area contributed by atoms with Gasteiger partial charge < -0.3 is 9.33 Å². The van der Waals surface area contributed by atoms with Crippen molar-refractivity contribution >= 4 is 67.7 Å². The lowest BCUT2D eigenvalue weighted by atomic mass is 10.1. The van der Waals surface area contributed by atoms with Gasteiger partial charge in [0.1, 0.15) is 9.83 Å². The summed E-state index contributed by atoms with van der Waals surface area (Å²) < 4.78 is 7.53. The Kier molecular flexibility index (Phi) is 11.9. The minimum absolute atomic E-state index is 0.645. The first-order valence-electron chi connectivity index (χ1n) is 15.2. The summed E-state index contributed by atoms with van der Waals surface area (Å²) in [6, 6.07) is 21.0. The topological polar surface area (TPSA) is 74.8 Å². The Hall–Kier alpha value is -2.79. The highest BCUT2D eigenvalue weighted by Gasteiger charge is 2.34. The fourth-order valence-corrected chi connectivity index (χ4v) is 10.5. The molecule has 10 heteroatoms. The van der Waals surface area contributed by atoms with E-state index in [0.717, 1.165) is 64.9 Å². The average molecular weight is 621 g/mol. The van der Waals surface area contributed by atoms with Gasteiger partial charge in [-0.3, -0.25) is 0 Å². The second-order valence-electron chi connectivity index (χ2n) is 10.7. The number of benzene rings is 2. The summed E-state index contributed by atoms with van der Waals surface area (Å²) in [5, 5.41) is 19.1. The average Bonchev–Trinajstić information content (AvgIpc) is 3.57. The zero-order valence-corrected chi connectivity index (χ0v) is 28.5.